The molecule has 0 spiro atoms. The van der Waals surface area contributed by atoms with Crippen LogP contribution in [-0.4, -0.2) is 83.3 Å². The Morgan fingerprint density at radius 1 is 0.824 bits per heavy atom. The first-order chi connectivity index (χ1) is 16.0. The number of benzene rings is 2. The molecule has 182 valence electrons. The predicted octanol–water partition coefficient (Wildman–Crippen LogP) is -0.833. The van der Waals surface area contributed by atoms with Crippen LogP contribution >= 0.6 is 0 Å². The molecule has 0 aliphatic carbocycles. The smallest absolute Gasteiger partial charge is 0.238 e. The molecule has 3 aromatic rings. The monoisotopic (exact) mass is 480 g/mol. The molecule has 13 nitrogen and oxygen atoms in total. The summed E-state index contributed by atoms with van der Waals surface area (Å²) in [7, 11) is 0. The number of aliphatic hydroxyl groups excluding tert-OH is 4. The van der Waals surface area contributed by atoms with Gasteiger partial charge in [0.25, 0.3) is 0 Å². The van der Waals surface area contributed by atoms with Crippen LogP contribution in [0.4, 0.5) is 0 Å². The lowest BCUT2D eigenvalue weighted by molar-refractivity contribution is -0.277. The molecule has 1 aromatic heterocycles. The Balaban J connectivity index is 1.78. The Bertz CT molecular complexity index is 1280. The summed E-state index contributed by atoms with van der Waals surface area (Å²) >= 11 is 0. The highest BCUT2D eigenvalue weighted by Gasteiger charge is 2.44. The van der Waals surface area contributed by atoms with Crippen LogP contribution in [0.5, 0.6) is 34.5 Å². The zero-order valence-electron chi connectivity index (χ0n) is 17.1. The highest BCUT2D eigenvalue weighted by molar-refractivity contribution is 5.88. The second-order valence-electron chi connectivity index (χ2n) is 7.60. The number of rotatable bonds is 4. The summed E-state index contributed by atoms with van der Waals surface area (Å²) in [5.41, 5.74) is -1.59. The summed E-state index contributed by atoms with van der Waals surface area (Å²) in [6, 6.07) is 3.85. The van der Waals surface area contributed by atoms with E-state index in [0.717, 1.165) is 24.3 Å². The van der Waals surface area contributed by atoms with E-state index in [4.69, 9.17) is 13.9 Å². The first-order valence-electron chi connectivity index (χ1n) is 9.78. The molecule has 5 atom stereocenters. The van der Waals surface area contributed by atoms with E-state index in [1.54, 1.807) is 0 Å². The molecule has 1 fully saturated rings. The molecular weight excluding hydrogens is 460 g/mol. The van der Waals surface area contributed by atoms with Crippen molar-refractivity contribution < 1.29 is 59.8 Å². The van der Waals surface area contributed by atoms with E-state index >= 15 is 0 Å². The van der Waals surface area contributed by atoms with Gasteiger partial charge in [-0.3, -0.25) is 4.79 Å². The lowest BCUT2D eigenvalue weighted by Crippen LogP contribution is -2.60. The fourth-order valence-corrected chi connectivity index (χ4v) is 3.56. The molecule has 0 radical (unpaired) electrons. The minimum atomic E-state index is -1.75. The van der Waals surface area contributed by atoms with Crippen LogP contribution in [0, 0.1) is 0 Å². The minimum Gasteiger partial charge on any atom is -0.507 e. The number of phenols is 4. The number of aromatic hydroxyl groups is 5. The third kappa shape index (κ3) is 3.81. The first-order valence-corrected chi connectivity index (χ1v) is 9.78. The Kier molecular flexibility index (Phi) is 5.89. The predicted molar refractivity (Wildman–Crippen MR) is 111 cm³/mol. The molecule has 1 aliphatic heterocycles. The third-order valence-corrected chi connectivity index (χ3v) is 5.36. The highest BCUT2D eigenvalue weighted by Crippen LogP contribution is 2.42. The molecule has 2 aromatic carbocycles. The van der Waals surface area contributed by atoms with Crippen LogP contribution in [0.15, 0.2) is 33.5 Å². The standard InChI is InChI=1S/C21H20O13/c22-5-12-15(27)17(29)19(31)21(34-12)32-7-3-8(23)13-11(4-7)33-20(18(30)16(13)28)6-1-9(24)14(26)10(25)2-6/h1-4,12,15,17,19,21-27,29-31H,5H2/t12-,15-,17?,19-,21?/m1/s1. The van der Waals surface area contributed by atoms with Gasteiger partial charge in [0.05, 0.1) is 6.61 Å². The van der Waals surface area contributed by atoms with E-state index in [-0.39, 0.29) is 16.9 Å². The second-order valence-corrected chi connectivity index (χ2v) is 7.60. The van der Waals surface area contributed by atoms with Gasteiger partial charge in [0.1, 0.15) is 46.9 Å². The first kappa shape index (κ1) is 23.4. The topological polar surface area (TPSA) is 231 Å². The number of hydrogen-bond acceptors (Lipinski definition) is 13. The lowest BCUT2D eigenvalue weighted by atomic mass is 9.99. The van der Waals surface area contributed by atoms with E-state index in [1.807, 2.05) is 0 Å². The van der Waals surface area contributed by atoms with Gasteiger partial charge in [0.2, 0.25) is 17.5 Å². The normalized spacial score (nSPS) is 24.9. The SMILES string of the molecule is O=c1c(O)c(-c2cc(O)c(O)c(O)c2)oc2cc(OC3O[C@H](CO)[C@@H](O)C(O)[C@H]3O)cc(O)c12. The lowest BCUT2D eigenvalue weighted by Gasteiger charge is -2.39. The summed E-state index contributed by atoms with van der Waals surface area (Å²) in [6.45, 7) is -0.697. The van der Waals surface area contributed by atoms with Gasteiger partial charge in [-0.05, 0) is 12.1 Å². The largest absolute Gasteiger partial charge is 0.507 e. The molecule has 4 rings (SSSR count). The van der Waals surface area contributed by atoms with Crippen molar-refractivity contribution in [1.29, 1.82) is 0 Å². The Hall–Kier alpha value is -3.75. The van der Waals surface area contributed by atoms with E-state index in [1.165, 1.54) is 0 Å². The average molecular weight is 480 g/mol. The second kappa shape index (κ2) is 8.55. The number of phenolic OH excluding ortho intramolecular Hbond substituents is 4. The molecule has 1 aliphatic rings. The van der Waals surface area contributed by atoms with Crippen LogP contribution in [0.2, 0.25) is 0 Å². The number of aliphatic hydroxyl groups is 4. The third-order valence-electron chi connectivity index (χ3n) is 5.36. The Morgan fingerprint density at radius 3 is 2.09 bits per heavy atom. The van der Waals surface area contributed by atoms with E-state index in [2.05, 4.69) is 0 Å². The van der Waals surface area contributed by atoms with Gasteiger partial charge in [-0.2, -0.15) is 0 Å². The summed E-state index contributed by atoms with van der Waals surface area (Å²) in [6.07, 6.45) is -7.94. The minimum absolute atomic E-state index is 0.191. The maximum absolute atomic E-state index is 12.7. The Morgan fingerprint density at radius 2 is 1.47 bits per heavy atom. The molecule has 2 unspecified atom stereocenters. The molecule has 34 heavy (non-hydrogen) atoms. The summed E-state index contributed by atoms with van der Waals surface area (Å²) in [5, 5.41) is 88.3. The highest BCUT2D eigenvalue weighted by atomic mass is 16.7. The van der Waals surface area contributed by atoms with Gasteiger partial charge in [-0.1, -0.05) is 0 Å². The molecule has 0 bridgehead atoms. The van der Waals surface area contributed by atoms with Crippen molar-refractivity contribution in [3.63, 3.8) is 0 Å². The van der Waals surface area contributed by atoms with Crippen molar-refractivity contribution in [3.8, 4) is 45.8 Å². The van der Waals surface area contributed by atoms with Gasteiger partial charge in [-0.15, -0.1) is 0 Å². The van der Waals surface area contributed by atoms with E-state index in [0.29, 0.717) is 0 Å². The molecule has 0 amide bonds. The van der Waals surface area contributed by atoms with Crippen LogP contribution in [0.1, 0.15) is 0 Å². The number of ether oxygens (including phenoxy) is 2. The zero-order chi connectivity index (χ0) is 24.9. The molecule has 2 heterocycles. The summed E-state index contributed by atoms with van der Waals surface area (Å²) in [4.78, 5) is 12.7. The maximum atomic E-state index is 12.7. The van der Waals surface area contributed by atoms with Crippen molar-refractivity contribution in [3.05, 3.63) is 34.5 Å². The molecule has 0 saturated carbocycles. The fourth-order valence-electron chi connectivity index (χ4n) is 3.56. The van der Waals surface area contributed by atoms with E-state index in [9.17, 15) is 50.8 Å². The van der Waals surface area contributed by atoms with Gasteiger partial charge >= 0.3 is 0 Å². The molecule has 13 heteroatoms. The van der Waals surface area contributed by atoms with Gasteiger partial charge in [0, 0.05) is 17.7 Å². The van der Waals surface area contributed by atoms with Crippen molar-refractivity contribution in [2.75, 3.05) is 6.61 Å². The van der Waals surface area contributed by atoms with Gasteiger partial charge in [0.15, 0.2) is 23.0 Å². The molecule has 1 saturated heterocycles. The van der Waals surface area contributed by atoms with Gasteiger partial charge in [-0.25, -0.2) is 0 Å². The quantitative estimate of drug-likeness (QED) is 0.208. The van der Waals surface area contributed by atoms with Crippen LogP contribution < -0.4 is 10.2 Å². The van der Waals surface area contributed by atoms with Crippen molar-refractivity contribution in [2.45, 2.75) is 30.7 Å². The van der Waals surface area contributed by atoms with Crippen LogP contribution in [0.3, 0.4) is 0 Å². The van der Waals surface area contributed by atoms with Crippen molar-refractivity contribution >= 4 is 11.0 Å². The number of hydrogen-bond donors (Lipinski definition) is 9. The van der Waals surface area contributed by atoms with Crippen LogP contribution in [0.25, 0.3) is 22.3 Å². The van der Waals surface area contributed by atoms with Crippen LogP contribution in [-0.2, 0) is 4.74 Å². The summed E-state index contributed by atoms with van der Waals surface area (Å²) < 4.78 is 16.2. The molecule has 9 N–H and O–H groups in total. The molecular formula is C21H20O13. The fraction of sp³-hybridized carbons (Fsp3) is 0.286. The van der Waals surface area contributed by atoms with Gasteiger partial charge < -0.3 is 59.8 Å². The Labute approximate surface area is 189 Å². The summed E-state index contributed by atoms with van der Waals surface area (Å²) in [5.74, 6) is -4.77. The zero-order valence-corrected chi connectivity index (χ0v) is 17.1. The van der Waals surface area contributed by atoms with E-state index < -0.39 is 82.6 Å². The number of fused-ring (bicyclic) bond motifs is 1. The maximum Gasteiger partial charge on any atom is 0.238 e. The van der Waals surface area contributed by atoms with Crippen molar-refractivity contribution in [1.82, 2.24) is 0 Å². The van der Waals surface area contributed by atoms with Crippen molar-refractivity contribution in [2.24, 2.45) is 0 Å². The average Bonchev–Trinajstić information content (AvgIpc) is 2.79.